The van der Waals surface area contributed by atoms with Crippen molar-refractivity contribution >= 4 is 5.97 Å². The van der Waals surface area contributed by atoms with Crippen LogP contribution in [-0.4, -0.2) is 16.2 Å². The van der Waals surface area contributed by atoms with Gasteiger partial charge in [-0.05, 0) is 36.5 Å². The number of carboxylic acid groups (broad SMARTS) is 1. The number of aryl methyl sites for hydroxylation is 1. The van der Waals surface area contributed by atoms with Gasteiger partial charge in [0.1, 0.15) is 5.75 Å². The van der Waals surface area contributed by atoms with Crippen LogP contribution in [0.4, 0.5) is 0 Å². The van der Waals surface area contributed by atoms with Gasteiger partial charge in [0.2, 0.25) is 0 Å². The Morgan fingerprint density at radius 1 is 1.38 bits per heavy atom. The second-order valence-electron chi connectivity index (χ2n) is 3.96. The van der Waals surface area contributed by atoms with E-state index in [1.54, 1.807) is 12.1 Å². The Morgan fingerprint density at radius 3 is 2.56 bits per heavy atom. The highest BCUT2D eigenvalue weighted by molar-refractivity contribution is 5.70. The lowest BCUT2D eigenvalue weighted by Crippen LogP contribution is -2.15. The van der Waals surface area contributed by atoms with Crippen LogP contribution in [0.2, 0.25) is 0 Å². The molecule has 0 radical (unpaired) electrons. The molecule has 1 atom stereocenters. The molecular formula is C13H18O3. The van der Waals surface area contributed by atoms with Gasteiger partial charge >= 0.3 is 5.97 Å². The molecule has 1 rings (SSSR count). The Kier molecular flexibility index (Phi) is 4.35. The summed E-state index contributed by atoms with van der Waals surface area (Å²) in [5.74, 6) is -0.808. The van der Waals surface area contributed by atoms with E-state index in [1.807, 2.05) is 19.9 Å². The largest absolute Gasteiger partial charge is 0.508 e. The predicted molar refractivity (Wildman–Crippen MR) is 62.6 cm³/mol. The lowest BCUT2D eigenvalue weighted by Gasteiger charge is -2.11. The predicted octanol–water partition coefficient (Wildman–Crippen LogP) is 2.61. The number of aliphatic carboxylic acids is 1. The third-order valence-electron chi connectivity index (χ3n) is 2.85. The molecule has 0 saturated carbocycles. The first kappa shape index (κ1) is 12.6. The van der Waals surface area contributed by atoms with Crippen LogP contribution < -0.4 is 0 Å². The number of benzene rings is 1. The van der Waals surface area contributed by atoms with Gasteiger partial charge in [0, 0.05) is 0 Å². The van der Waals surface area contributed by atoms with Crippen molar-refractivity contribution in [1.29, 1.82) is 0 Å². The van der Waals surface area contributed by atoms with Crippen LogP contribution in [0.15, 0.2) is 18.2 Å². The molecule has 3 nitrogen and oxygen atoms in total. The molecular weight excluding hydrogens is 204 g/mol. The normalized spacial score (nSPS) is 12.4. The Morgan fingerprint density at radius 2 is 2.06 bits per heavy atom. The summed E-state index contributed by atoms with van der Waals surface area (Å²) in [5, 5.41) is 18.5. The van der Waals surface area contributed by atoms with Crippen molar-refractivity contribution in [2.45, 2.75) is 33.1 Å². The molecule has 0 heterocycles. The van der Waals surface area contributed by atoms with Crippen molar-refractivity contribution < 1.29 is 15.0 Å². The molecule has 0 amide bonds. The molecule has 0 aliphatic carbocycles. The minimum absolute atomic E-state index is 0.287. The van der Waals surface area contributed by atoms with Gasteiger partial charge in [-0.3, -0.25) is 4.79 Å². The van der Waals surface area contributed by atoms with Gasteiger partial charge in [-0.1, -0.05) is 26.0 Å². The summed E-state index contributed by atoms with van der Waals surface area (Å²) in [4.78, 5) is 10.9. The van der Waals surface area contributed by atoms with Gasteiger partial charge in [-0.15, -0.1) is 0 Å². The van der Waals surface area contributed by atoms with Crippen LogP contribution in [0, 0.1) is 5.92 Å². The van der Waals surface area contributed by atoms with Crippen molar-refractivity contribution in [3.8, 4) is 5.75 Å². The number of hydrogen-bond donors (Lipinski definition) is 2. The zero-order valence-corrected chi connectivity index (χ0v) is 9.73. The molecule has 3 heteroatoms. The monoisotopic (exact) mass is 222 g/mol. The number of phenols is 1. The first-order valence-corrected chi connectivity index (χ1v) is 5.62. The van der Waals surface area contributed by atoms with Crippen LogP contribution in [0.5, 0.6) is 5.75 Å². The molecule has 0 fully saturated rings. The molecule has 1 aromatic rings. The number of aromatic hydroxyl groups is 1. The third-order valence-corrected chi connectivity index (χ3v) is 2.85. The average molecular weight is 222 g/mol. The van der Waals surface area contributed by atoms with E-state index in [0.717, 1.165) is 17.5 Å². The van der Waals surface area contributed by atoms with Crippen molar-refractivity contribution in [3.05, 3.63) is 29.3 Å². The van der Waals surface area contributed by atoms with Gasteiger partial charge < -0.3 is 10.2 Å². The molecule has 0 aliphatic heterocycles. The first-order valence-electron chi connectivity index (χ1n) is 5.62. The zero-order valence-electron chi connectivity index (χ0n) is 9.73. The average Bonchev–Trinajstić information content (AvgIpc) is 2.27. The summed E-state index contributed by atoms with van der Waals surface area (Å²) in [5.41, 5.74) is 1.85. The summed E-state index contributed by atoms with van der Waals surface area (Å²) in [6, 6.07) is 5.32. The smallest absolute Gasteiger partial charge is 0.306 e. The van der Waals surface area contributed by atoms with Gasteiger partial charge in [0.25, 0.3) is 0 Å². The fourth-order valence-electron chi connectivity index (χ4n) is 1.74. The van der Waals surface area contributed by atoms with Crippen molar-refractivity contribution in [2.24, 2.45) is 5.92 Å². The molecule has 0 spiro atoms. The summed E-state index contributed by atoms with van der Waals surface area (Å²) in [6.07, 6.45) is 1.90. The fourth-order valence-corrected chi connectivity index (χ4v) is 1.74. The third kappa shape index (κ3) is 2.99. The minimum Gasteiger partial charge on any atom is -0.508 e. The molecule has 0 aliphatic rings. The maximum absolute atomic E-state index is 10.9. The maximum Gasteiger partial charge on any atom is 0.306 e. The zero-order chi connectivity index (χ0) is 12.1. The van der Waals surface area contributed by atoms with Crippen LogP contribution >= 0.6 is 0 Å². The van der Waals surface area contributed by atoms with Crippen molar-refractivity contribution in [3.63, 3.8) is 0 Å². The number of carboxylic acids is 1. The van der Waals surface area contributed by atoms with Crippen LogP contribution in [0.1, 0.15) is 31.4 Å². The molecule has 2 N–H and O–H groups in total. The maximum atomic E-state index is 10.9. The first-order chi connectivity index (χ1) is 7.58. The van der Waals surface area contributed by atoms with Crippen LogP contribution in [0.3, 0.4) is 0 Å². The quantitative estimate of drug-likeness (QED) is 0.805. The van der Waals surface area contributed by atoms with Crippen molar-refractivity contribution in [1.82, 2.24) is 0 Å². The van der Waals surface area contributed by atoms with E-state index in [-0.39, 0.29) is 11.7 Å². The number of hydrogen-bond acceptors (Lipinski definition) is 2. The van der Waals surface area contributed by atoms with E-state index in [2.05, 4.69) is 0 Å². The number of carbonyl (C=O) groups is 1. The van der Waals surface area contributed by atoms with E-state index < -0.39 is 5.97 Å². The topological polar surface area (TPSA) is 57.5 Å². The van der Waals surface area contributed by atoms with E-state index in [1.165, 1.54) is 0 Å². The van der Waals surface area contributed by atoms with Crippen LogP contribution in [0.25, 0.3) is 0 Å². The Hall–Kier alpha value is -1.51. The summed E-state index contributed by atoms with van der Waals surface area (Å²) in [6.45, 7) is 3.84. The SMILES string of the molecule is CCc1cc(CC(CC)C(=O)O)ccc1O. The molecule has 1 aromatic carbocycles. The summed E-state index contributed by atoms with van der Waals surface area (Å²) in [7, 11) is 0. The summed E-state index contributed by atoms with van der Waals surface area (Å²) >= 11 is 0. The van der Waals surface area contributed by atoms with Gasteiger partial charge in [-0.25, -0.2) is 0 Å². The molecule has 0 saturated heterocycles. The Labute approximate surface area is 95.7 Å². The second-order valence-corrected chi connectivity index (χ2v) is 3.96. The molecule has 88 valence electrons. The fraction of sp³-hybridized carbons (Fsp3) is 0.462. The lowest BCUT2D eigenvalue weighted by molar-refractivity contribution is -0.141. The van der Waals surface area contributed by atoms with Gasteiger partial charge in [0.05, 0.1) is 5.92 Å². The highest BCUT2D eigenvalue weighted by Crippen LogP contribution is 2.21. The molecule has 0 bridgehead atoms. The van der Waals surface area contributed by atoms with E-state index in [4.69, 9.17) is 5.11 Å². The molecule has 0 aromatic heterocycles. The lowest BCUT2D eigenvalue weighted by atomic mass is 9.95. The number of phenolic OH excluding ortho intramolecular Hbond substituents is 1. The Bertz CT molecular complexity index is 371. The highest BCUT2D eigenvalue weighted by atomic mass is 16.4. The highest BCUT2D eigenvalue weighted by Gasteiger charge is 2.15. The van der Waals surface area contributed by atoms with Crippen molar-refractivity contribution in [2.75, 3.05) is 0 Å². The van der Waals surface area contributed by atoms with Gasteiger partial charge in [-0.2, -0.15) is 0 Å². The van der Waals surface area contributed by atoms with E-state index in [0.29, 0.717) is 12.8 Å². The second kappa shape index (κ2) is 5.54. The summed E-state index contributed by atoms with van der Waals surface area (Å²) < 4.78 is 0. The van der Waals surface area contributed by atoms with E-state index >= 15 is 0 Å². The number of rotatable bonds is 5. The molecule has 16 heavy (non-hydrogen) atoms. The minimum atomic E-state index is -0.756. The molecule has 1 unspecified atom stereocenters. The standard InChI is InChI=1S/C13H18O3/c1-3-10-7-9(5-6-12(10)14)8-11(4-2)13(15)16/h5-7,11,14H,3-4,8H2,1-2H3,(H,15,16). The van der Waals surface area contributed by atoms with Gasteiger partial charge in [0.15, 0.2) is 0 Å². The van der Waals surface area contributed by atoms with Crippen LogP contribution in [-0.2, 0) is 17.6 Å². The van der Waals surface area contributed by atoms with E-state index in [9.17, 15) is 9.90 Å². The Balaban J connectivity index is 2.84.